The standard InChI is InChI=1S/C31H41ClN6O5/c1-31(2,3)27(29(40)38-17-21(15-24(38)33)42-25-13-10-19(32)16-34-25)37-28(39)26(18-8-6-5-7-9-18)36-30-35-22-14-20(41-4)11-12-23(22)43-30/h10-14,16,18,21,24,26-27H,5-9,15,17,33H2,1-4H3,(H,35,36)(H,37,39)/t21?,24-,26-,27-/m0/s1. The van der Waals surface area contributed by atoms with Gasteiger partial charge in [-0.2, -0.15) is 4.98 Å². The number of benzene rings is 1. The van der Waals surface area contributed by atoms with E-state index in [9.17, 15) is 9.59 Å². The molecule has 4 N–H and O–H groups in total. The molecule has 5 rings (SSSR count). The van der Waals surface area contributed by atoms with Crippen LogP contribution in [0.3, 0.4) is 0 Å². The van der Waals surface area contributed by atoms with Gasteiger partial charge in [-0.1, -0.05) is 51.6 Å². The van der Waals surface area contributed by atoms with E-state index in [0.717, 1.165) is 32.1 Å². The second-order valence-corrected chi connectivity index (χ2v) is 13.0. The van der Waals surface area contributed by atoms with Gasteiger partial charge in [-0.15, -0.1) is 0 Å². The van der Waals surface area contributed by atoms with E-state index in [4.69, 9.17) is 31.2 Å². The van der Waals surface area contributed by atoms with Gasteiger partial charge in [0.05, 0.1) is 24.8 Å². The number of likely N-dealkylation sites (tertiary alicyclic amines) is 1. The lowest BCUT2D eigenvalue weighted by Crippen LogP contribution is -2.59. The fraction of sp³-hybridized carbons (Fsp3) is 0.548. The van der Waals surface area contributed by atoms with Crippen LogP contribution in [-0.2, 0) is 9.59 Å². The van der Waals surface area contributed by atoms with Crippen molar-refractivity contribution in [1.29, 1.82) is 0 Å². The van der Waals surface area contributed by atoms with Gasteiger partial charge in [0, 0.05) is 24.8 Å². The van der Waals surface area contributed by atoms with Gasteiger partial charge in [-0.25, -0.2) is 4.98 Å². The number of hydrogen-bond donors (Lipinski definition) is 3. The molecule has 2 amide bonds. The Balaban J connectivity index is 1.33. The highest BCUT2D eigenvalue weighted by Crippen LogP contribution is 2.31. The quantitative estimate of drug-likeness (QED) is 0.312. The number of aromatic nitrogens is 2. The number of nitrogens with two attached hydrogens (primary N) is 1. The van der Waals surface area contributed by atoms with E-state index in [1.165, 1.54) is 6.20 Å². The summed E-state index contributed by atoms with van der Waals surface area (Å²) in [6, 6.07) is 7.55. The van der Waals surface area contributed by atoms with Crippen molar-refractivity contribution in [2.45, 2.75) is 83.6 Å². The topological polar surface area (TPSA) is 145 Å². The first kappa shape index (κ1) is 30.9. The number of carbonyl (C=O) groups is 2. The second kappa shape index (κ2) is 13.0. The van der Waals surface area contributed by atoms with Crippen molar-refractivity contribution in [2.24, 2.45) is 17.1 Å². The number of oxazole rings is 1. The molecule has 1 saturated carbocycles. The van der Waals surface area contributed by atoms with Crippen molar-refractivity contribution in [3.05, 3.63) is 41.6 Å². The summed E-state index contributed by atoms with van der Waals surface area (Å²) in [5, 5.41) is 6.87. The smallest absolute Gasteiger partial charge is 0.296 e. The zero-order chi connectivity index (χ0) is 30.7. The number of ether oxygens (including phenoxy) is 2. The summed E-state index contributed by atoms with van der Waals surface area (Å²) in [7, 11) is 1.59. The van der Waals surface area contributed by atoms with Crippen LogP contribution in [-0.4, -0.2) is 64.7 Å². The van der Waals surface area contributed by atoms with Gasteiger partial charge in [0.15, 0.2) is 5.58 Å². The number of hydrogen-bond acceptors (Lipinski definition) is 9. The molecule has 1 saturated heterocycles. The lowest BCUT2D eigenvalue weighted by molar-refractivity contribution is -0.140. The van der Waals surface area contributed by atoms with E-state index >= 15 is 0 Å². The zero-order valence-electron chi connectivity index (χ0n) is 25.1. The number of nitrogens with one attached hydrogen (secondary N) is 2. The predicted molar refractivity (Wildman–Crippen MR) is 164 cm³/mol. The van der Waals surface area contributed by atoms with E-state index in [-0.39, 0.29) is 36.4 Å². The van der Waals surface area contributed by atoms with E-state index in [2.05, 4.69) is 20.6 Å². The molecule has 232 valence electrons. The summed E-state index contributed by atoms with van der Waals surface area (Å²) < 4.78 is 17.2. The van der Waals surface area contributed by atoms with Crippen LogP contribution in [0.5, 0.6) is 11.6 Å². The summed E-state index contributed by atoms with van der Waals surface area (Å²) in [6.45, 7) is 6.07. The van der Waals surface area contributed by atoms with E-state index in [1.807, 2.05) is 20.8 Å². The summed E-state index contributed by atoms with van der Waals surface area (Å²) in [4.78, 5) is 38.4. The largest absolute Gasteiger partial charge is 0.497 e. The Kier molecular flexibility index (Phi) is 9.31. The maximum atomic E-state index is 14.0. The van der Waals surface area contributed by atoms with E-state index < -0.39 is 23.7 Å². The van der Waals surface area contributed by atoms with Crippen LogP contribution in [0, 0.1) is 11.3 Å². The third kappa shape index (κ3) is 7.33. The van der Waals surface area contributed by atoms with Gasteiger partial charge in [0.25, 0.3) is 6.01 Å². The lowest BCUT2D eigenvalue weighted by atomic mass is 9.82. The molecule has 1 unspecified atom stereocenters. The third-order valence-electron chi connectivity index (χ3n) is 8.25. The van der Waals surface area contributed by atoms with Crippen molar-refractivity contribution in [1.82, 2.24) is 20.2 Å². The molecule has 2 aromatic heterocycles. The molecular weight excluding hydrogens is 572 g/mol. The number of halogens is 1. The van der Waals surface area contributed by atoms with Crippen molar-refractivity contribution in [2.75, 3.05) is 19.0 Å². The van der Waals surface area contributed by atoms with E-state index in [1.54, 1.807) is 42.3 Å². The van der Waals surface area contributed by atoms with Crippen LogP contribution in [0.15, 0.2) is 40.9 Å². The summed E-state index contributed by atoms with van der Waals surface area (Å²) >= 11 is 5.94. The Labute approximate surface area is 256 Å². The van der Waals surface area contributed by atoms with Crippen molar-refractivity contribution < 1.29 is 23.5 Å². The molecule has 1 aromatic carbocycles. The summed E-state index contributed by atoms with van der Waals surface area (Å²) in [6.07, 6.45) is 6.05. The molecule has 4 atom stereocenters. The number of anilines is 1. The van der Waals surface area contributed by atoms with E-state index in [0.29, 0.717) is 34.2 Å². The highest BCUT2D eigenvalue weighted by Gasteiger charge is 2.43. The van der Waals surface area contributed by atoms with Gasteiger partial charge >= 0.3 is 0 Å². The van der Waals surface area contributed by atoms with Crippen LogP contribution in [0.1, 0.15) is 59.3 Å². The zero-order valence-corrected chi connectivity index (χ0v) is 25.9. The molecule has 0 radical (unpaired) electrons. The number of pyridine rings is 1. The second-order valence-electron chi connectivity index (χ2n) is 12.5. The minimum Gasteiger partial charge on any atom is -0.497 e. The average molecular weight is 613 g/mol. The number of carbonyl (C=O) groups excluding carboxylic acids is 2. The summed E-state index contributed by atoms with van der Waals surface area (Å²) in [5.41, 5.74) is 7.05. The molecular formula is C31H41ClN6O5. The summed E-state index contributed by atoms with van der Waals surface area (Å²) in [5.74, 6) is 0.617. The minimum absolute atomic E-state index is 0.0627. The number of fused-ring (bicyclic) bond motifs is 1. The first-order chi connectivity index (χ1) is 20.5. The Morgan fingerprint density at radius 2 is 1.93 bits per heavy atom. The Morgan fingerprint density at radius 3 is 2.60 bits per heavy atom. The third-order valence-corrected chi connectivity index (χ3v) is 8.48. The normalized spacial score (nSPS) is 20.9. The molecule has 0 spiro atoms. The molecule has 1 aliphatic heterocycles. The maximum Gasteiger partial charge on any atom is 0.296 e. The molecule has 2 fully saturated rings. The average Bonchev–Trinajstić information content (AvgIpc) is 3.56. The highest BCUT2D eigenvalue weighted by atomic mass is 35.5. The van der Waals surface area contributed by atoms with Crippen LogP contribution in [0.2, 0.25) is 5.02 Å². The Bertz CT molecular complexity index is 1420. The van der Waals surface area contributed by atoms with Crippen molar-refractivity contribution in [3.8, 4) is 11.6 Å². The fourth-order valence-electron chi connectivity index (χ4n) is 5.91. The first-order valence-corrected chi connectivity index (χ1v) is 15.3. The molecule has 2 aliphatic rings. The maximum absolute atomic E-state index is 14.0. The molecule has 3 aromatic rings. The molecule has 1 aliphatic carbocycles. The minimum atomic E-state index is -0.820. The van der Waals surface area contributed by atoms with Crippen molar-refractivity contribution >= 4 is 40.5 Å². The van der Waals surface area contributed by atoms with Crippen LogP contribution in [0.25, 0.3) is 11.1 Å². The molecule has 0 bridgehead atoms. The Hall–Kier alpha value is -3.57. The predicted octanol–water partition coefficient (Wildman–Crippen LogP) is 4.74. The number of amides is 2. The van der Waals surface area contributed by atoms with Crippen LogP contribution < -0.4 is 25.8 Å². The molecule has 43 heavy (non-hydrogen) atoms. The number of rotatable bonds is 9. The van der Waals surface area contributed by atoms with Gasteiger partial charge in [-0.3, -0.25) is 9.59 Å². The van der Waals surface area contributed by atoms with Crippen LogP contribution in [0.4, 0.5) is 6.01 Å². The van der Waals surface area contributed by atoms with Gasteiger partial charge in [0.1, 0.15) is 29.5 Å². The SMILES string of the molecule is COc1ccc2oc(N[C@H](C(=O)N[C@@H](C(=O)N3CC(Oc4ccc(Cl)cn4)C[C@H]3N)C(C)(C)C)C3CCCCC3)nc2c1. The molecule has 11 nitrogen and oxygen atoms in total. The molecule has 12 heteroatoms. The van der Waals surface area contributed by atoms with Crippen LogP contribution >= 0.6 is 11.6 Å². The lowest BCUT2D eigenvalue weighted by Gasteiger charge is -2.37. The fourth-order valence-corrected chi connectivity index (χ4v) is 6.02. The number of nitrogens with zero attached hydrogens (tertiary/aromatic N) is 3. The van der Waals surface area contributed by atoms with Gasteiger partial charge in [0.2, 0.25) is 17.7 Å². The molecule has 3 heterocycles. The van der Waals surface area contributed by atoms with Crippen molar-refractivity contribution in [3.63, 3.8) is 0 Å². The Morgan fingerprint density at radius 1 is 1.16 bits per heavy atom. The number of methoxy groups -OCH3 is 1. The monoisotopic (exact) mass is 612 g/mol. The highest BCUT2D eigenvalue weighted by molar-refractivity contribution is 6.30. The van der Waals surface area contributed by atoms with Gasteiger partial charge < -0.3 is 35.2 Å². The first-order valence-electron chi connectivity index (χ1n) is 14.9. The van der Waals surface area contributed by atoms with Gasteiger partial charge in [-0.05, 0) is 42.4 Å².